The van der Waals surface area contributed by atoms with E-state index < -0.39 is 10.0 Å². The lowest BCUT2D eigenvalue weighted by Gasteiger charge is -2.29. The Morgan fingerprint density at radius 2 is 1.93 bits per heavy atom. The summed E-state index contributed by atoms with van der Waals surface area (Å²) in [5.74, 6) is 1.26. The number of rotatable bonds is 4. The van der Waals surface area contributed by atoms with E-state index in [1.807, 2.05) is 6.07 Å². The Morgan fingerprint density at radius 3 is 2.71 bits per heavy atom. The highest BCUT2D eigenvalue weighted by atomic mass is 32.2. The summed E-state index contributed by atoms with van der Waals surface area (Å²) in [6, 6.07) is 10.4. The molecule has 148 valence electrons. The van der Waals surface area contributed by atoms with Crippen LogP contribution in [0.3, 0.4) is 0 Å². The van der Waals surface area contributed by atoms with Crippen molar-refractivity contribution in [3.05, 3.63) is 47.5 Å². The number of benzene rings is 2. The molecule has 0 fully saturated rings. The quantitative estimate of drug-likeness (QED) is 0.786. The lowest BCUT2D eigenvalue weighted by molar-refractivity contribution is -0.116. The van der Waals surface area contributed by atoms with Crippen LogP contribution in [0.15, 0.2) is 41.3 Å². The molecular weight excluding hydrogens is 380 g/mol. The number of aryl methyl sites for hydroxylation is 1. The minimum atomic E-state index is -3.66. The van der Waals surface area contributed by atoms with Crippen LogP contribution in [-0.2, 0) is 27.8 Å². The molecule has 0 aliphatic carbocycles. The molecule has 0 N–H and O–H groups in total. The molecular formula is C20H22N2O5S. The van der Waals surface area contributed by atoms with Gasteiger partial charge in [-0.3, -0.25) is 4.79 Å². The van der Waals surface area contributed by atoms with Gasteiger partial charge in [-0.15, -0.1) is 0 Å². The SMILES string of the molecule is CC(=O)N1CCCc2cc(S(=O)(=O)N(C)Cc3ccc4c(c3)OCO4)ccc21. The maximum atomic E-state index is 13.1. The number of hydrogen-bond donors (Lipinski definition) is 0. The average molecular weight is 402 g/mol. The predicted molar refractivity (Wildman–Crippen MR) is 104 cm³/mol. The number of anilines is 1. The topological polar surface area (TPSA) is 76.2 Å². The molecule has 7 nitrogen and oxygen atoms in total. The Hall–Kier alpha value is -2.58. The van der Waals surface area contributed by atoms with Crippen molar-refractivity contribution in [1.29, 1.82) is 0 Å². The molecule has 4 rings (SSSR count). The molecule has 0 unspecified atom stereocenters. The highest BCUT2D eigenvalue weighted by Crippen LogP contribution is 2.34. The van der Waals surface area contributed by atoms with Crippen molar-refractivity contribution in [2.75, 3.05) is 25.3 Å². The van der Waals surface area contributed by atoms with Crippen LogP contribution >= 0.6 is 0 Å². The average Bonchev–Trinajstić information content (AvgIpc) is 3.14. The normalized spacial score (nSPS) is 15.6. The van der Waals surface area contributed by atoms with Crippen LogP contribution in [0.5, 0.6) is 11.5 Å². The van der Waals surface area contributed by atoms with Gasteiger partial charge in [0, 0.05) is 32.7 Å². The van der Waals surface area contributed by atoms with E-state index in [2.05, 4.69) is 0 Å². The summed E-state index contributed by atoms with van der Waals surface area (Å²) in [6.45, 7) is 2.59. The van der Waals surface area contributed by atoms with E-state index in [0.29, 0.717) is 18.0 Å². The highest BCUT2D eigenvalue weighted by Gasteiger charge is 2.26. The van der Waals surface area contributed by atoms with Crippen LogP contribution in [0, 0.1) is 0 Å². The summed E-state index contributed by atoms with van der Waals surface area (Å²) in [5, 5.41) is 0. The number of nitrogens with zero attached hydrogens (tertiary/aromatic N) is 2. The zero-order valence-corrected chi connectivity index (χ0v) is 16.7. The molecule has 0 atom stereocenters. The summed E-state index contributed by atoms with van der Waals surface area (Å²) in [5.41, 5.74) is 2.51. The van der Waals surface area contributed by atoms with Crippen molar-refractivity contribution in [1.82, 2.24) is 4.31 Å². The number of fused-ring (bicyclic) bond motifs is 2. The molecule has 0 spiro atoms. The van der Waals surface area contributed by atoms with Gasteiger partial charge in [0.2, 0.25) is 22.7 Å². The number of amides is 1. The molecule has 0 saturated carbocycles. The van der Waals surface area contributed by atoms with E-state index in [4.69, 9.17) is 9.47 Å². The monoisotopic (exact) mass is 402 g/mol. The smallest absolute Gasteiger partial charge is 0.243 e. The molecule has 2 heterocycles. The second kappa shape index (κ2) is 7.10. The number of carbonyl (C=O) groups excluding carboxylic acids is 1. The fraction of sp³-hybridized carbons (Fsp3) is 0.350. The van der Waals surface area contributed by atoms with E-state index in [1.54, 1.807) is 42.3 Å². The lowest BCUT2D eigenvalue weighted by Crippen LogP contribution is -2.34. The summed E-state index contributed by atoms with van der Waals surface area (Å²) >= 11 is 0. The largest absolute Gasteiger partial charge is 0.454 e. The fourth-order valence-electron chi connectivity index (χ4n) is 3.62. The summed E-state index contributed by atoms with van der Waals surface area (Å²) in [6.07, 6.45) is 1.58. The standard InChI is InChI=1S/C20H22N2O5S/c1-14(23)22-9-3-4-16-11-17(6-7-18(16)22)28(24,25)21(2)12-15-5-8-19-20(10-15)27-13-26-19/h5-8,10-11H,3-4,9,12-13H2,1-2H3. The molecule has 2 aromatic carbocycles. The Kier molecular flexibility index (Phi) is 4.76. The van der Waals surface area contributed by atoms with Crippen LogP contribution in [-0.4, -0.2) is 39.0 Å². The zero-order chi connectivity index (χ0) is 19.9. The first-order valence-electron chi connectivity index (χ1n) is 9.12. The van der Waals surface area contributed by atoms with Crippen LogP contribution < -0.4 is 14.4 Å². The Labute approximate surface area is 164 Å². The number of sulfonamides is 1. The molecule has 2 aliphatic heterocycles. The van der Waals surface area contributed by atoms with E-state index in [1.165, 1.54) is 11.2 Å². The third-order valence-corrected chi connectivity index (χ3v) is 6.90. The van der Waals surface area contributed by atoms with Crippen molar-refractivity contribution in [3.63, 3.8) is 0 Å². The van der Waals surface area contributed by atoms with E-state index in [9.17, 15) is 13.2 Å². The first kappa shape index (κ1) is 18.8. The van der Waals surface area contributed by atoms with Crippen LogP contribution in [0.2, 0.25) is 0 Å². The Bertz CT molecular complexity index is 1030. The van der Waals surface area contributed by atoms with Crippen molar-refractivity contribution in [2.24, 2.45) is 0 Å². The highest BCUT2D eigenvalue weighted by molar-refractivity contribution is 7.89. The van der Waals surface area contributed by atoms with E-state index >= 15 is 0 Å². The molecule has 0 saturated heterocycles. The van der Waals surface area contributed by atoms with Gasteiger partial charge in [0.05, 0.1) is 4.90 Å². The summed E-state index contributed by atoms with van der Waals surface area (Å²) < 4.78 is 38.1. The van der Waals surface area contributed by atoms with Gasteiger partial charge in [-0.1, -0.05) is 6.07 Å². The summed E-state index contributed by atoms with van der Waals surface area (Å²) in [4.78, 5) is 13.8. The fourth-order valence-corrected chi connectivity index (χ4v) is 4.83. The number of carbonyl (C=O) groups is 1. The van der Waals surface area contributed by atoms with Crippen molar-refractivity contribution >= 4 is 21.6 Å². The first-order valence-corrected chi connectivity index (χ1v) is 10.6. The Balaban J connectivity index is 1.58. The van der Waals surface area contributed by atoms with Gasteiger partial charge in [-0.25, -0.2) is 8.42 Å². The van der Waals surface area contributed by atoms with Crippen LogP contribution in [0.4, 0.5) is 5.69 Å². The molecule has 0 radical (unpaired) electrons. The molecule has 8 heteroatoms. The van der Waals surface area contributed by atoms with Gasteiger partial charge < -0.3 is 14.4 Å². The number of ether oxygens (including phenoxy) is 2. The third kappa shape index (κ3) is 3.33. The summed E-state index contributed by atoms with van der Waals surface area (Å²) in [7, 11) is -2.11. The maximum Gasteiger partial charge on any atom is 0.243 e. The predicted octanol–water partition coefficient (Wildman–Crippen LogP) is 2.54. The van der Waals surface area contributed by atoms with Gasteiger partial charge in [0.1, 0.15) is 0 Å². The number of hydrogen-bond acceptors (Lipinski definition) is 5. The van der Waals surface area contributed by atoms with Gasteiger partial charge >= 0.3 is 0 Å². The van der Waals surface area contributed by atoms with Gasteiger partial charge in [0.25, 0.3) is 0 Å². The van der Waals surface area contributed by atoms with E-state index in [-0.39, 0.29) is 24.1 Å². The van der Waals surface area contributed by atoms with Crippen molar-refractivity contribution in [3.8, 4) is 11.5 Å². The molecule has 2 aromatic rings. The second-order valence-electron chi connectivity index (χ2n) is 7.01. The molecule has 0 bridgehead atoms. The molecule has 0 aromatic heterocycles. The molecule has 2 aliphatic rings. The Morgan fingerprint density at radius 1 is 1.14 bits per heavy atom. The second-order valence-corrected chi connectivity index (χ2v) is 9.06. The van der Waals surface area contributed by atoms with Gasteiger partial charge in [0.15, 0.2) is 11.5 Å². The molecule has 1 amide bonds. The maximum absolute atomic E-state index is 13.1. The third-order valence-electron chi connectivity index (χ3n) is 5.10. The minimum Gasteiger partial charge on any atom is -0.454 e. The first-order chi connectivity index (χ1) is 13.4. The van der Waals surface area contributed by atoms with E-state index in [0.717, 1.165) is 29.7 Å². The van der Waals surface area contributed by atoms with Gasteiger partial charge in [-0.05, 0) is 54.3 Å². The van der Waals surface area contributed by atoms with Gasteiger partial charge in [-0.2, -0.15) is 4.31 Å². The van der Waals surface area contributed by atoms with Crippen LogP contribution in [0.25, 0.3) is 0 Å². The van der Waals surface area contributed by atoms with Crippen molar-refractivity contribution < 1.29 is 22.7 Å². The lowest BCUT2D eigenvalue weighted by atomic mass is 10.0. The minimum absolute atomic E-state index is 0.0310. The van der Waals surface area contributed by atoms with Crippen LogP contribution in [0.1, 0.15) is 24.5 Å². The molecule has 28 heavy (non-hydrogen) atoms. The zero-order valence-electron chi connectivity index (χ0n) is 15.8. The van der Waals surface area contributed by atoms with Crippen molar-refractivity contribution in [2.45, 2.75) is 31.2 Å².